The molecule has 2 N–H and O–H groups in total. The number of halogens is 2. The maximum atomic E-state index is 13.2. The Hall–Kier alpha value is -0.910. The molecule has 5 heteroatoms. The topological polar surface area (TPSA) is 35.2 Å². The zero-order valence-electron chi connectivity index (χ0n) is 9.40. The second-order valence-corrected chi connectivity index (χ2v) is 6.16. The number of fused-ring (bicyclic) bond motifs is 1. The fourth-order valence-electron chi connectivity index (χ4n) is 2.15. The Morgan fingerprint density at radius 2 is 2.22 bits per heavy atom. The van der Waals surface area contributed by atoms with E-state index in [0.29, 0.717) is 12.2 Å². The fourth-order valence-corrected chi connectivity index (χ4v) is 3.63. The molecule has 2 heterocycles. The molecule has 1 aromatic heterocycles. The highest BCUT2D eigenvalue weighted by Gasteiger charge is 2.28. The molecule has 0 saturated heterocycles. The van der Waals surface area contributed by atoms with E-state index in [2.05, 4.69) is 15.9 Å². The summed E-state index contributed by atoms with van der Waals surface area (Å²) in [4.78, 5) is 1.10. The number of hydrogen-bond acceptors (Lipinski definition) is 3. The predicted molar refractivity (Wildman–Crippen MR) is 73.3 cm³/mol. The quantitative estimate of drug-likeness (QED) is 0.853. The average molecular weight is 328 g/mol. The first-order valence-electron chi connectivity index (χ1n) is 5.59. The van der Waals surface area contributed by atoms with Crippen molar-refractivity contribution in [2.24, 2.45) is 5.73 Å². The van der Waals surface area contributed by atoms with Crippen LogP contribution in [0.2, 0.25) is 0 Å². The van der Waals surface area contributed by atoms with E-state index < -0.39 is 0 Å². The predicted octanol–water partition coefficient (Wildman–Crippen LogP) is 4.17. The van der Waals surface area contributed by atoms with Gasteiger partial charge in [0.05, 0.1) is 0 Å². The van der Waals surface area contributed by atoms with E-state index in [4.69, 9.17) is 10.5 Å². The van der Waals surface area contributed by atoms with Crippen molar-refractivity contribution in [3.63, 3.8) is 0 Å². The SMILES string of the molecule is N[C@H]1CC(c2cc(Br)cs2)Oc2cc(F)ccc21. The van der Waals surface area contributed by atoms with E-state index in [1.165, 1.54) is 12.1 Å². The summed E-state index contributed by atoms with van der Waals surface area (Å²) in [6.45, 7) is 0. The van der Waals surface area contributed by atoms with Crippen LogP contribution in [-0.2, 0) is 0 Å². The molecule has 18 heavy (non-hydrogen) atoms. The zero-order valence-corrected chi connectivity index (χ0v) is 11.8. The summed E-state index contributed by atoms with van der Waals surface area (Å²) in [7, 11) is 0. The van der Waals surface area contributed by atoms with Gasteiger partial charge in [-0.25, -0.2) is 4.39 Å². The fraction of sp³-hybridized carbons (Fsp3) is 0.231. The summed E-state index contributed by atoms with van der Waals surface area (Å²) in [5.41, 5.74) is 7.00. The van der Waals surface area contributed by atoms with E-state index in [1.54, 1.807) is 17.4 Å². The third kappa shape index (κ3) is 2.18. The molecule has 1 unspecified atom stereocenters. The largest absolute Gasteiger partial charge is 0.484 e. The van der Waals surface area contributed by atoms with Crippen molar-refractivity contribution in [3.8, 4) is 5.75 Å². The molecular formula is C13H11BrFNOS. The van der Waals surface area contributed by atoms with Gasteiger partial charge in [-0.1, -0.05) is 6.07 Å². The van der Waals surface area contributed by atoms with Gasteiger partial charge in [-0.15, -0.1) is 11.3 Å². The van der Waals surface area contributed by atoms with E-state index in [0.717, 1.165) is 14.9 Å². The third-order valence-electron chi connectivity index (χ3n) is 3.02. The van der Waals surface area contributed by atoms with Crippen molar-refractivity contribution in [3.05, 3.63) is 50.4 Å². The molecule has 1 aromatic carbocycles. The Balaban J connectivity index is 1.95. The van der Waals surface area contributed by atoms with Crippen LogP contribution in [0.3, 0.4) is 0 Å². The van der Waals surface area contributed by atoms with Crippen molar-refractivity contribution in [1.82, 2.24) is 0 Å². The molecule has 0 saturated carbocycles. The van der Waals surface area contributed by atoms with Gasteiger partial charge in [-0.05, 0) is 28.1 Å². The van der Waals surface area contributed by atoms with Gasteiger partial charge in [0.15, 0.2) is 0 Å². The molecule has 1 aliphatic heterocycles. The molecule has 1 aliphatic rings. The van der Waals surface area contributed by atoms with Gasteiger partial charge in [0.2, 0.25) is 0 Å². The van der Waals surface area contributed by atoms with Gasteiger partial charge in [-0.2, -0.15) is 0 Å². The molecule has 2 aromatic rings. The van der Waals surface area contributed by atoms with Gasteiger partial charge in [0, 0.05) is 38.8 Å². The van der Waals surface area contributed by atoms with Crippen LogP contribution in [0.5, 0.6) is 5.75 Å². The van der Waals surface area contributed by atoms with Gasteiger partial charge in [-0.3, -0.25) is 0 Å². The minimum Gasteiger partial charge on any atom is -0.484 e. The van der Waals surface area contributed by atoms with Crippen LogP contribution in [0.1, 0.15) is 29.0 Å². The molecule has 0 amide bonds. The van der Waals surface area contributed by atoms with Crippen LogP contribution in [0, 0.1) is 5.82 Å². The first-order chi connectivity index (χ1) is 8.63. The highest BCUT2D eigenvalue weighted by molar-refractivity contribution is 9.10. The highest BCUT2D eigenvalue weighted by Crippen LogP contribution is 2.41. The Kier molecular flexibility index (Phi) is 3.13. The second kappa shape index (κ2) is 4.64. The van der Waals surface area contributed by atoms with Gasteiger partial charge >= 0.3 is 0 Å². The second-order valence-electron chi connectivity index (χ2n) is 4.30. The van der Waals surface area contributed by atoms with Crippen LogP contribution in [0.25, 0.3) is 0 Å². The van der Waals surface area contributed by atoms with Gasteiger partial charge in [0.25, 0.3) is 0 Å². The number of rotatable bonds is 1. The van der Waals surface area contributed by atoms with E-state index >= 15 is 0 Å². The zero-order chi connectivity index (χ0) is 12.7. The molecular weight excluding hydrogens is 317 g/mol. The minimum atomic E-state index is -0.297. The Morgan fingerprint density at radius 1 is 1.39 bits per heavy atom. The van der Waals surface area contributed by atoms with Gasteiger partial charge < -0.3 is 10.5 Å². The lowest BCUT2D eigenvalue weighted by atomic mass is 9.96. The maximum Gasteiger partial charge on any atom is 0.135 e. The molecule has 3 rings (SSSR count). The molecule has 2 atom stereocenters. The number of nitrogens with two attached hydrogens (primary N) is 1. The number of thiophene rings is 1. The van der Waals surface area contributed by atoms with Crippen LogP contribution in [0.4, 0.5) is 4.39 Å². The summed E-state index contributed by atoms with van der Waals surface area (Å²) in [5, 5.41) is 2.01. The lowest BCUT2D eigenvalue weighted by Gasteiger charge is -2.29. The van der Waals surface area contributed by atoms with E-state index in [9.17, 15) is 4.39 Å². The summed E-state index contributed by atoms with van der Waals surface area (Å²) in [6, 6.07) is 6.44. The van der Waals surface area contributed by atoms with Crippen molar-refractivity contribution in [2.45, 2.75) is 18.6 Å². The Bertz CT molecular complexity index is 586. The van der Waals surface area contributed by atoms with Crippen LogP contribution in [0.15, 0.2) is 34.1 Å². The van der Waals surface area contributed by atoms with Crippen molar-refractivity contribution in [2.75, 3.05) is 0 Å². The monoisotopic (exact) mass is 327 g/mol. The van der Waals surface area contributed by atoms with E-state index in [1.807, 2.05) is 11.4 Å². The van der Waals surface area contributed by atoms with Crippen molar-refractivity contribution < 1.29 is 9.13 Å². The lowest BCUT2D eigenvalue weighted by Crippen LogP contribution is -2.23. The van der Waals surface area contributed by atoms with Crippen molar-refractivity contribution in [1.29, 1.82) is 0 Å². The molecule has 2 nitrogen and oxygen atoms in total. The highest BCUT2D eigenvalue weighted by atomic mass is 79.9. The summed E-state index contributed by atoms with van der Waals surface area (Å²) >= 11 is 5.04. The minimum absolute atomic E-state index is 0.0920. The maximum absolute atomic E-state index is 13.2. The average Bonchev–Trinajstić information content (AvgIpc) is 2.75. The Labute approximate surface area is 117 Å². The first-order valence-corrected chi connectivity index (χ1v) is 7.26. The van der Waals surface area contributed by atoms with Crippen LogP contribution < -0.4 is 10.5 Å². The summed E-state index contributed by atoms with van der Waals surface area (Å²) in [5.74, 6) is 0.261. The third-order valence-corrected chi connectivity index (χ3v) is 4.80. The van der Waals surface area contributed by atoms with Crippen LogP contribution >= 0.6 is 27.3 Å². The normalized spacial score (nSPS) is 22.4. The smallest absolute Gasteiger partial charge is 0.135 e. The van der Waals surface area contributed by atoms with Crippen molar-refractivity contribution >= 4 is 27.3 Å². The summed E-state index contributed by atoms with van der Waals surface area (Å²) < 4.78 is 20.1. The molecule has 0 bridgehead atoms. The number of benzene rings is 1. The molecule has 0 radical (unpaired) electrons. The summed E-state index contributed by atoms with van der Waals surface area (Å²) in [6.07, 6.45) is 0.622. The van der Waals surface area contributed by atoms with Gasteiger partial charge in [0.1, 0.15) is 17.7 Å². The standard InChI is InChI=1S/C13H11BrFNOS/c14-7-3-13(18-6-7)12-5-10(16)9-2-1-8(15)4-11(9)17-12/h1-4,6,10,12H,5,16H2/t10-,12?/m0/s1. The van der Waals surface area contributed by atoms with Crippen LogP contribution in [-0.4, -0.2) is 0 Å². The van der Waals surface area contributed by atoms with E-state index in [-0.39, 0.29) is 18.0 Å². The molecule has 94 valence electrons. The molecule has 0 aliphatic carbocycles. The lowest BCUT2D eigenvalue weighted by molar-refractivity contribution is 0.164. The molecule has 0 fully saturated rings. The number of hydrogen-bond donors (Lipinski definition) is 1. The Morgan fingerprint density at radius 3 is 2.94 bits per heavy atom. The molecule has 0 spiro atoms. The number of ether oxygens (including phenoxy) is 1. The first kappa shape index (κ1) is 12.1.